The van der Waals surface area contributed by atoms with Crippen molar-refractivity contribution in [3.8, 4) is 22.6 Å². The maximum absolute atomic E-state index is 13.5. The summed E-state index contributed by atoms with van der Waals surface area (Å²) in [4.78, 5) is 29.9. The van der Waals surface area contributed by atoms with E-state index in [1.165, 1.54) is 6.33 Å². The highest BCUT2D eigenvalue weighted by atomic mass is 35.5. The second-order valence-corrected chi connectivity index (χ2v) is 10.5. The number of rotatable bonds is 11. The van der Waals surface area contributed by atoms with Crippen molar-refractivity contribution >= 4 is 23.5 Å². The minimum absolute atomic E-state index is 0.0852. The highest BCUT2D eigenvalue weighted by molar-refractivity contribution is 6.30. The van der Waals surface area contributed by atoms with Crippen LogP contribution in [0.15, 0.2) is 67.0 Å². The molecule has 1 aliphatic heterocycles. The van der Waals surface area contributed by atoms with E-state index >= 15 is 0 Å². The Kier molecular flexibility index (Phi) is 8.75. The van der Waals surface area contributed by atoms with Gasteiger partial charge < -0.3 is 24.6 Å². The molecule has 1 saturated heterocycles. The van der Waals surface area contributed by atoms with Crippen molar-refractivity contribution in [3.05, 3.63) is 94.5 Å². The number of H-pyrrole nitrogens is 1. The molecule has 1 aromatic heterocycles. The number of aromatic nitrogens is 3. The molecule has 3 aromatic carbocycles. The van der Waals surface area contributed by atoms with Crippen LogP contribution >= 0.6 is 11.6 Å². The molecule has 1 fully saturated rings. The number of aliphatic carboxylic acids is 1. The van der Waals surface area contributed by atoms with Crippen LogP contribution in [-0.4, -0.2) is 59.0 Å². The first-order chi connectivity index (χ1) is 20.3. The Labute approximate surface area is 248 Å². The number of carbonyl (C=O) groups is 2. The largest absolute Gasteiger partial charge is 0.496 e. The highest BCUT2D eigenvalue weighted by Gasteiger charge is 2.45. The number of carboxylic acid groups (broad SMARTS) is 1. The zero-order valence-electron chi connectivity index (χ0n) is 23.2. The normalized spacial score (nSPS) is 17.0. The number of halogens is 1. The van der Waals surface area contributed by atoms with Crippen molar-refractivity contribution in [2.45, 2.75) is 37.3 Å². The molecule has 10 nitrogen and oxygen atoms in total. The van der Waals surface area contributed by atoms with Gasteiger partial charge in [0.05, 0.1) is 19.8 Å². The van der Waals surface area contributed by atoms with Gasteiger partial charge >= 0.3 is 5.97 Å². The maximum Gasteiger partial charge on any atom is 0.326 e. The fourth-order valence-corrected chi connectivity index (χ4v) is 5.40. The molecule has 11 heteroatoms. The summed E-state index contributed by atoms with van der Waals surface area (Å²) < 4.78 is 17.3. The van der Waals surface area contributed by atoms with E-state index in [1.807, 2.05) is 36.4 Å². The summed E-state index contributed by atoms with van der Waals surface area (Å²) in [6.45, 7) is 0.406. The first-order valence-electron chi connectivity index (χ1n) is 13.5. The minimum Gasteiger partial charge on any atom is -0.496 e. The zero-order valence-corrected chi connectivity index (χ0v) is 24.0. The van der Waals surface area contributed by atoms with Crippen LogP contribution in [0.25, 0.3) is 11.1 Å². The van der Waals surface area contributed by atoms with Crippen molar-refractivity contribution in [2.75, 3.05) is 20.8 Å². The summed E-state index contributed by atoms with van der Waals surface area (Å²) in [6, 6.07) is 17.0. The van der Waals surface area contributed by atoms with Gasteiger partial charge in [0.2, 0.25) is 0 Å². The number of nitrogens with one attached hydrogen (secondary N) is 2. The van der Waals surface area contributed by atoms with E-state index in [-0.39, 0.29) is 6.42 Å². The molecule has 1 unspecified atom stereocenters. The van der Waals surface area contributed by atoms with Gasteiger partial charge in [-0.05, 0) is 59.4 Å². The van der Waals surface area contributed by atoms with Crippen molar-refractivity contribution < 1.29 is 28.9 Å². The third-order valence-electron chi connectivity index (χ3n) is 7.38. The first kappa shape index (κ1) is 29.1. The van der Waals surface area contributed by atoms with Crippen LogP contribution in [0.4, 0.5) is 0 Å². The SMILES string of the molecule is COc1cc(Cc2nc[nH]n2)cc(OC)c1-c1ccc(C[C@H](NC(=O)C2(c3ccc(Cl)cc3)CCCO2)C(=O)O)cc1. The fourth-order valence-electron chi connectivity index (χ4n) is 5.27. The summed E-state index contributed by atoms with van der Waals surface area (Å²) in [5.74, 6) is 0.266. The number of amides is 1. The number of carboxylic acids is 1. The summed E-state index contributed by atoms with van der Waals surface area (Å²) >= 11 is 6.04. The molecule has 2 atom stereocenters. The number of hydrogen-bond acceptors (Lipinski definition) is 7. The van der Waals surface area contributed by atoms with Crippen LogP contribution in [0.2, 0.25) is 5.02 Å². The molecule has 5 rings (SSSR count). The van der Waals surface area contributed by atoms with Crippen LogP contribution in [0.3, 0.4) is 0 Å². The van der Waals surface area contributed by atoms with Crippen LogP contribution in [0.5, 0.6) is 11.5 Å². The Morgan fingerprint density at radius 1 is 1.07 bits per heavy atom. The van der Waals surface area contributed by atoms with Gasteiger partial charge in [-0.1, -0.05) is 48.0 Å². The predicted octanol–water partition coefficient (Wildman–Crippen LogP) is 4.55. The van der Waals surface area contributed by atoms with E-state index in [0.29, 0.717) is 53.8 Å². The number of nitrogens with zero attached hydrogens (tertiary/aromatic N) is 2. The van der Waals surface area contributed by atoms with Crippen molar-refractivity contribution in [3.63, 3.8) is 0 Å². The van der Waals surface area contributed by atoms with E-state index in [2.05, 4.69) is 20.5 Å². The molecule has 218 valence electrons. The summed E-state index contributed by atoms with van der Waals surface area (Å²) in [6.07, 6.45) is 3.25. The van der Waals surface area contributed by atoms with Gasteiger partial charge in [-0.2, -0.15) is 5.10 Å². The Hall–Kier alpha value is -4.41. The molecule has 4 aromatic rings. The number of benzene rings is 3. The van der Waals surface area contributed by atoms with Gasteiger partial charge in [-0.15, -0.1) is 0 Å². The van der Waals surface area contributed by atoms with Crippen LogP contribution in [0, 0.1) is 0 Å². The molecule has 1 amide bonds. The van der Waals surface area contributed by atoms with Gasteiger partial charge in [-0.3, -0.25) is 9.89 Å². The number of hydrogen-bond donors (Lipinski definition) is 3. The van der Waals surface area contributed by atoms with Gasteiger partial charge in [0.25, 0.3) is 5.91 Å². The van der Waals surface area contributed by atoms with Crippen molar-refractivity contribution in [2.24, 2.45) is 0 Å². The number of ether oxygens (including phenoxy) is 3. The summed E-state index contributed by atoms with van der Waals surface area (Å²) in [7, 11) is 3.18. The van der Waals surface area contributed by atoms with E-state index in [0.717, 1.165) is 22.3 Å². The van der Waals surface area contributed by atoms with E-state index in [4.69, 9.17) is 25.8 Å². The van der Waals surface area contributed by atoms with Crippen LogP contribution in [0.1, 0.15) is 35.4 Å². The second kappa shape index (κ2) is 12.6. The van der Waals surface area contributed by atoms with Crippen molar-refractivity contribution in [1.29, 1.82) is 0 Å². The smallest absolute Gasteiger partial charge is 0.326 e. The monoisotopic (exact) mass is 590 g/mol. The molecule has 0 radical (unpaired) electrons. The topological polar surface area (TPSA) is 136 Å². The van der Waals surface area contributed by atoms with Gasteiger partial charge in [0.15, 0.2) is 11.4 Å². The first-order valence-corrected chi connectivity index (χ1v) is 13.8. The van der Waals surface area contributed by atoms with E-state index < -0.39 is 23.5 Å². The standard InChI is InChI=1S/C31H31ClN4O6/c1-40-25-15-20(17-27-33-18-34-36-27)16-26(41-2)28(25)21-6-4-19(5-7-21)14-24(29(37)38)35-30(39)31(12-3-13-42-31)22-8-10-23(32)11-9-22/h4-11,15-16,18,24H,3,12-14,17H2,1-2H3,(H,35,39)(H,37,38)(H,33,34,36)/t24-,31?/m0/s1. The average Bonchev–Trinajstić information content (AvgIpc) is 3.70. The summed E-state index contributed by atoms with van der Waals surface area (Å²) in [5, 5.41) is 20.1. The van der Waals surface area contributed by atoms with Gasteiger partial charge in [0.1, 0.15) is 23.9 Å². The lowest BCUT2D eigenvalue weighted by atomic mass is 9.89. The number of aromatic amines is 1. The third-order valence-corrected chi connectivity index (χ3v) is 7.63. The molecule has 0 bridgehead atoms. The Balaban J connectivity index is 1.35. The lowest BCUT2D eigenvalue weighted by Gasteiger charge is -2.29. The lowest BCUT2D eigenvalue weighted by molar-refractivity contribution is -0.149. The molecular formula is C31H31ClN4O6. The van der Waals surface area contributed by atoms with Crippen molar-refractivity contribution in [1.82, 2.24) is 20.5 Å². The Morgan fingerprint density at radius 3 is 2.31 bits per heavy atom. The molecule has 0 saturated carbocycles. The molecule has 0 spiro atoms. The maximum atomic E-state index is 13.5. The molecule has 0 aliphatic carbocycles. The lowest BCUT2D eigenvalue weighted by Crippen LogP contribution is -2.51. The molecule has 3 N–H and O–H groups in total. The average molecular weight is 591 g/mol. The highest BCUT2D eigenvalue weighted by Crippen LogP contribution is 2.40. The minimum atomic E-state index is -1.26. The molecule has 1 aliphatic rings. The molecular weight excluding hydrogens is 560 g/mol. The molecule has 42 heavy (non-hydrogen) atoms. The Morgan fingerprint density at radius 2 is 1.76 bits per heavy atom. The van der Waals surface area contributed by atoms with Crippen LogP contribution < -0.4 is 14.8 Å². The molecule has 2 heterocycles. The number of methoxy groups -OCH3 is 2. The quantitative estimate of drug-likeness (QED) is 0.231. The van der Waals surface area contributed by atoms with Crippen LogP contribution in [-0.2, 0) is 32.8 Å². The third kappa shape index (κ3) is 6.09. The second-order valence-electron chi connectivity index (χ2n) is 10.0. The fraction of sp³-hybridized carbons (Fsp3) is 0.290. The zero-order chi connectivity index (χ0) is 29.7. The van der Waals surface area contributed by atoms with Gasteiger partial charge in [-0.25, -0.2) is 9.78 Å². The Bertz CT molecular complexity index is 1510. The number of carbonyl (C=O) groups excluding carboxylic acids is 1. The summed E-state index contributed by atoms with van der Waals surface area (Å²) in [5.41, 5.74) is 2.63. The van der Waals surface area contributed by atoms with E-state index in [1.54, 1.807) is 38.5 Å². The van der Waals surface area contributed by atoms with E-state index in [9.17, 15) is 14.7 Å². The van der Waals surface area contributed by atoms with Gasteiger partial charge in [0, 0.05) is 24.5 Å². The predicted molar refractivity (Wildman–Crippen MR) is 156 cm³/mol.